The molecule has 1 amide bonds. The lowest BCUT2D eigenvalue weighted by molar-refractivity contribution is 0.0314. The zero-order valence-electron chi connectivity index (χ0n) is 18.7. The molecule has 3 heterocycles. The molecule has 2 atom stereocenters. The Hall–Kier alpha value is -1.40. The molecule has 0 radical (unpaired) electrons. The summed E-state index contributed by atoms with van der Waals surface area (Å²) in [5.74, 6) is 0.705. The number of fused-ring (bicyclic) bond motifs is 1. The zero-order valence-corrected chi connectivity index (χ0v) is 18.7. The van der Waals surface area contributed by atoms with Gasteiger partial charge in [0.1, 0.15) is 0 Å². The van der Waals surface area contributed by atoms with Gasteiger partial charge >= 0.3 is 0 Å². The number of carbonyl (C=O) groups excluding carboxylic acids is 1. The third-order valence-corrected chi connectivity index (χ3v) is 7.39. The fraction of sp³-hybridized carbons (Fsp3) is 0.826. The summed E-state index contributed by atoms with van der Waals surface area (Å²) in [5.41, 5.74) is 3.27. The summed E-state index contributed by atoms with van der Waals surface area (Å²) in [6.45, 7) is 10.6. The highest BCUT2D eigenvalue weighted by atomic mass is 16.5. The van der Waals surface area contributed by atoms with Crippen LogP contribution in [0.4, 0.5) is 0 Å². The predicted molar refractivity (Wildman–Crippen MR) is 114 cm³/mol. The van der Waals surface area contributed by atoms with Gasteiger partial charge in [-0.05, 0) is 76.4 Å². The molecule has 6 nitrogen and oxygen atoms in total. The maximum absolute atomic E-state index is 13.8. The largest absolute Gasteiger partial charge is 0.376 e. The van der Waals surface area contributed by atoms with Crippen molar-refractivity contribution in [1.29, 1.82) is 0 Å². The summed E-state index contributed by atoms with van der Waals surface area (Å²) in [7, 11) is 2.17. The number of carbonyl (C=O) groups is 1. The second-order valence-electron chi connectivity index (χ2n) is 10.5. The van der Waals surface area contributed by atoms with Crippen LogP contribution in [-0.4, -0.2) is 71.3 Å². The number of piperidine rings is 1. The molecule has 2 saturated heterocycles. The lowest BCUT2D eigenvalue weighted by Gasteiger charge is -2.38. The van der Waals surface area contributed by atoms with Crippen molar-refractivity contribution in [3.8, 4) is 0 Å². The van der Waals surface area contributed by atoms with Crippen LogP contribution in [0.3, 0.4) is 0 Å². The number of nitrogens with one attached hydrogen (secondary N) is 1. The number of amides is 1. The highest BCUT2D eigenvalue weighted by Crippen LogP contribution is 2.38. The highest BCUT2D eigenvalue weighted by molar-refractivity contribution is 5.94. The minimum Gasteiger partial charge on any atom is -0.376 e. The van der Waals surface area contributed by atoms with Gasteiger partial charge in [0, 0.05) is 30.5 Å². The van der Waals surface area contributed by atoms with Crippen LogP contribution in [0.15, 0.2) is 0 Å². The number of aromatic nitrogens is 2. The number of hydrogen-bond acceptors (Lipinski definition) is 4. The van der Waals surface area contributed by atoms with Crippen LogP contribution >= 0.6 is 0 Å². The minimum absolute atomic E-state index is 0.113. The lowest BCUT2D eigenvalue weighted by Crippen LogP contribution is -2.49. The zero-order chi connectivity index (χ0) is 20.6. The molecule has 0 spiro atoms. The second kappa shape index (κ2) is 8.38. The fourth-order valence-corrected chi connectivity index (χ4v) is 5.26. The van der Waals surface area contributed by atoms with Gasteiger partial charge in [0.25, 0.3) is 5.91 Å². The first-order chi connectivity index (χ1) is 13.8. The average molecular weight is 403 g/mol. The molecule has 1 aliphatic carbocycles. The molecule has 1 aromatic rings. The van der Waals surface area contributed by atoms with Crippen molar-refractivity contribution in [1.82, 2.24) is 20.0 Å². The first-order valence-corrected chi connectivity index (χ1v) is 11.5. The normalized spacial score (nSPS) is 26.5. The van der Waals surface area contributed by atoms with Crippen molar-refractivity contribution in [2.75, 3.05) is 33.3 Å². The number of H-pyrrole nitrogens is 1. The van der Waals surface area contributed by atoms with Crippen LogP contribution in [0.1, 0.15) is 74.6 Å². The molecule has 6 heteroatoms. The Bertz CT molecular complexity index is 709. The topological polar surface area (TPSA) is 61.5 Å². The van der Waals surface area contributed by atoms with E-state index in [1.807, 2.05) is 0 Å². The van der Waals surface area contributed by atoms with E-state index in [0.717, 1.165) is 58.2 Å². The predicted octanol–water partition coefficient (Wildman–Crippen LogP) is 3.28. The minimum atomic E-state index is 0.113. The molecule has 2 fully saturated rings. The third kappa shape index (κ3) is 4.53. The van der Waals surface area contributed by atoms with Gasteiger partial charge in [-0.25, -0.2) is 0 Å². The molecule has 0 bridgehead atoms. The van der Waals surface area contributed by atoms with Crippen molar-refractivity contribution >= 4 is 5.91 Å². The SMILES string of the molecule is CN1CCC(N(C[C@H]2CCCO2)C(=O)c2n[nH]c3c2C[C@H](C(C)(C)C)CC3)CC1. The number of rotatable bonds is 4. The molecule has 29 heavy (non-hydrogen) atoms. The maximum Gasteiger partial charge on any atom is 0.274 e. The Labute approximate surface area is 175 Å². The van der Waals surface area contributed by atoms with Crippen LogP contribution in [-0.2, 0) is 17.6 Å². The lowest BCUT2D eigenvalue weighted by atomic mass is 9.71. The molecule has 2 aliphatic heterocycles. The number of nitrogens with zero attached hydrogens (tertiary/aromatic N) is 3. The molecule has 1 N–H and O–H groups in total. The van der Waals surface area contributed by atoms with Crippen LogP contribution < -0.4 is 0 Å². The van der Waals surface area contributed by atoms with Crippen LogP contribution in [0.5, 0.6) is 0 Å². The first-order valence-electron chi connectivity index (χ1n) is 11.5. The number of ether oxygens (including phenoxy) is 1. The molecule has 162 valence electrons. The molecule has 0 aromatic carbocycles. The molecule has 0 unspecified atom stereocenters. The smallest absolute Gasteiger partial charge is 0.274 e. The van der Waals surface area contributed by atoms with E-state index in [4.69, 9.17) is 4.74 Å². The number of aryl methyl sites for hydroxylation is 1. The molecule has 4 rings (SSSR count). The van der Waals surface area contributed by atoms with E-state index in [-0.39, 0.29) is 23.5 Å². The van der Waals surface area contributed by atoms with Gasteiger partial charge in [-0.15, -0.1) is 0 Å². The van der Waals surface area contributed by atoms with Crippen LogP contribution in [0, 0.1) is 11.3 Å². The van der Waals surface area contributed by atoms with Gasteiger partial charge in [-0.3, -0.25) is 9.89 Å². The van der Waals surface area contributed by atoms with E-state index in [0.29, 0.717) is 18.2 Å². The first kappa shape index (κ1) is 20.9. The van der Waals surface area contributed by atoms with E-state index in [1.54, 1.807) is 0 Å². The Balaban J connectivity index is 1.57. The van der Waals surface area contributed by atoms with Gasteiger partial charge in [-0.2, -0.15) is 5.10 Å². The third-order valence-electron chi connectivity index (χ3n) is 7.39. The molecular formula is C23H38N4O2. The summed E-state index contributed by atoms with van der Waals surface area (Å²) in [6, 6.07) is 0.289. The van der Waals surface area contributed by atoms with Gasteiger partial charge in [0.15, 0.2) is 5.69 Å². The average Bonchev–Trinajstić information content (AvgIpc) is 3.35. The molecule has 3 aliphatic rings. The molecular weight excluding hydrogens is 364 g/mol. The van der Waals surface area contributed by atoms with Crippen molar-refractivity contribution in [2.24, 2.45) is 11.3 Å². The van der Waals surface area contributed by atoms with Gasteiger partial charge in [-0.1, -0.05) is 20.8 Å². The van der Waals surface area contributed by atoms with Crippen molar-refractivity contribution < 1.29 is 9.53 Å². The van der Waals surface area contributed by atoms with E-state index in [9.17, 15) is 4.79 Å². The number of hydrogen-bond donors (Lipinski definition) is 1. The highest BCUT2D eigenvalue weighted by Gasteiger charge is 2.36. The van der Waals surface area contributed by atoms with Crippen LogP contribution in [0.2, 0.25) is 0 Å². The Morgan fingerprint density at radius 3 is 2.66 bits per heavy atom. The molecule has 1 aromatic heterocycles. The van der Waals surface area contributed by atoms with E-state index >= 15 is 0 Å². The van der Waals surface area contributed by atoms with E-state index in [2.05, 4.69) is 47.8 Å². The van der Waals surface area contributed by atoms with Gasteiger partial charge < -0.3 is 14.5 Å². The standard InChI is InChI=1S/C23H38N4O2/c1-23(2,3)16-7-8-20-19(14-16)21(25-24-20)22(28)27(15-18-6-5-13-29-18)17-9-11-26(4)12-10-17/h16-18H,5-15H2,1-4H3,(H,24,25)/t16-,18-/m1/s1. The van der Waals surface area contributed by atoms with Crippen LogP contribution in [0.25, 0.3) is 0 Å². The Morgan fingerprint density at radius 2 is 2.00 bits per heavy atom. The Kier molecular flexibility index (Phi) is 6.03. The summed E-state index contributed by atoms with van der Waals surface area (Å²) in [5, 5.41) is 7.75. The maximum atomic E-state index is 13.8. The monoisotopic (exact) mass is 402 g/mol. The quantitative estimate of drug-likeness (QED) is 0.840. The summed E-state index contributed by atoms with van der Waals surface area (Å²) >= 11 is 0. The summed E-state index contributed by atoms with van der Waals surface area (Å²) in [6.07, 6.45) is 7.52. The Morgan fingerprint density at radius 1 is 1.24 bits per heavy atom. The van der Waals surface area contributed by atoms with Crippen molar-refractivity contribution in [3.63, 3.8) is 0 Å². The summed E-state index contributed by atoms with van der Waals surface area (Å²) < 4.78 is 5.90. The van der Waals surface area contributed by atoms with E-state index in [1.165, 1.54) is 17.7 Å². The van der Waals surface area contributed by atoms with Gasteiger partial charge in [0.2, 0.25) is 0 Å². The van der Waals surface area contributed by atoms with Crippen molar-refractivity contribution in [2.45, 2.75) is 77.9 Å². The van der Waals surface area contributed by atoms with Crippen molar-refractivity contribution in [3.05, 3.63) is 17.0 Å². The van der Waals surface area contributed by atoms with Gasteiger partial charge in [0.05, 0.1) is 6.10 Å². The summed E-state index contributed by atoms with van der Waals surface area (Å²) in [4.78, 5) is 18.2. The second-order valence-corrected chi connectivity index (χ2v) is 10.5. The number of aromatic amines is 1. The van der Waals surface area contributed by atoms with E-state index < -0.39 is 0 Å². The number of likely N-dealkylation sites (tertiary alicyclic amines) is 1. The fourth-order valence-electron chi connectivity index (χ4n) is 5.26. The molecule has 0 saturated carbocycles.